The van der Waals surface area contributed by atoms with Gasteiger partial charge in [0.25, 0.3) is 5.56 Å². The second kappa shape index (κ2) is 14.0. The minimum absolute atomic E-state index is 0.0607. The number of rotatable bonds is 6. The molecule has 0 atom stereocenters. The first-order chi connectivity index (χ1) is 22.2. The monoisotopic (exact) mass is 680 g/mol. The summed E-state index contributed by atoms with van der Waals surface area (Å²) in [5.74, 6) is 3.67. The van der Waals surface area contributed by atoms with Crippen LogP contribution in [0, 0.1) is 39.5 Å². The number of nitrogens with one attached hydrogen (secondary N) is 1. The lowest BCUT2D eigenvalue weighted by molar-refractivity contribution is 0.0934. The maximum absolute atomic E-state index is 12.1. The number of aromatic amines is 1. The first kappa shape index (κ1) is 35.0. The first-order valence-corrected chi connectivity index (χ1v) is 17.5. The van der Waals surface area contributed by atoms with Crippen LogP contribution >= 0.6 is 23.2 Å². The van der Waals surface area contributed by atoms with Crippen molar-refractivity contribution in [3.05, 3.63) is 78.0 Å². The summed E-state index contributed by atoms with van der Waals surface area (Å²) in [5.41, 5.74) is 8.83. The summed E-state index contributed by atoms with van der Waals surface area (Å²) < 4.78 is 9.95. The molecule has 2 aromatic heterocycles. The van der Waals surface area contributed by atoms with E-state index in [-0.39, 0.29) is 11.7 Å². The van der Waals surface area contributed by atoms with Gasteiger partial charge in [-0.2, -0.15) is 5.10 Å². The van der Waals surface area contributed by atoms with Crippen LogP contribution in [-0.4, -0.2) is 38.8 Å². The highest BCUT2D eigenvalue weighted by atomic mass is 35.5. The third kappa shape index (κ3) is 6.95. The number of halogens is 2. The average molecular weight is 682 g/mol. The largest absolute Gasteiger partial charge is 0.474 e. The molecule has 47 heavy (non-hydrogen) atoms. The molecule has 0 saturated carbocycles. The maximum atomic E-state index is 12.1. The van der Waals surface area contributed by atoms with E-state index in [1.54, 1.807) is 11.7 Å². The number of anilines is 4. The molecule has 0 bridgehead atoms. The molecular formula is C37H50Cl2N6O2. The van der Waals surface area contributed by atoms with Crippen molar-refractivity contribution in [1.29, 1.82) is 0 Å². The predicted octanol–water partition coefficient (Wildman–Crippen LogP) is 8.90. The molecule has 0 fully saturated rings. The van der Waals surface area contributed by atoms with Gasteiger partial charge >= 0.3 is 0 Å². The molecule has 0 spiro atoms. The van der Waals surface area contributed by atoms with Crippen molar-refractivity contribution in [2.24, 2.45) is 25.9 Å². The van der Waals surface area contributed by atoms with Gasteiger partial charge in [-0.05, 0) is 99.6 Å². The molecular weight excluding hydrogens is 631 g/mol. The van der Waals surface area contributed by atoms with Crippen molar-refractivity contribution in [1.82, 2.24) is 19.6 Å². The van der Waals surface area contributed by atoms with Crippen LogP contribution in [0.5, 0.6) is 5.88 Å². The molecule has 0 radical (unpaired) electrons. The highest BCUT2D eigenvalue weighted by Crippen LogP contribution is 2.43. The van der Waals surface area contributed by atoms with E-state index in [1.807, 2.05) is 30.8 Å². The van der Waals surface area contributed by atoms with E-state index >= 15 is 0 Å². The summed E-state index contributed by atoms with van der Waals surface area (Å²) in [6.45, 7) is 19.0. The van der Waals surface area contributed by atoms with Gasteiger partial charge in [0.05, 0.1) is 32.5 Å². The van der Waals surface area contributed by atoms with Gasteiger partial charge < -0.3 is 14.5 Å². The Morgan fingerprint density at radius 1 is 0.787 bits per heavy atom. The second-order valence-electron chi connectivity index (χ2n) is 13.9. The molecule has 1 N–H and O–H groups in total. The number of aromatic nitrogens is 4. The molecule has 10 heteroatoms. The van der Waals surface area contributed by atoms with Crippen LogP contribution < -0.4 is 20.1 Å². The van der Waals surface area contributed by atoms with Crippen molar-refractivity contribution < 1.29 is 4.74 Å². The first-order valence-electron chi connectivity index (χ1n) is 16.8. The van der Waals surface area contributed by atoms with Crippen molar-refractivity contribution >= 4 is 46.2 Å². The van der Waals surface area contributed by atoms with Crippen LogP contribution in [0.25, 0.3) is 0 Å². The van der Waals surface area contributed by atoms with Crippen LogP contribution in [0.4, 0.5) is 23.0 Å². The molecule has 6 rings (SSSR count). The molecule has 0 amide bonds. The molecule has 2 aromatic carbocycles. The van der Waals surface area contributed by atoms with Gasteiger partial charge in [0.1, 0.15) is 11.9 Å². The molecule has 0 aliphatic carbocycles. The van der Waals surface area contributed by atoms with E-state index in [1.165, 1.54) is 16.7 Å². The summed E-state index contributed by atoms with van der Waals surface area (Å²) in [7, 11) is 3.73. The molecule has 0 unspecified atom stereocenters. The van der Waals surface area contributed by atoms with Crippen molar-refractivity contribution in [3.63, 3.8) is 0 Å². The zero-order chi connectivity index (χ0) is 34.3. The normalized spacial score (nSPS) is 14.4. The fraction of sp³-hybridized carbons (Fsp3) is 0.514. The molecule has 2 aliphatic heterocycles. The Hall–Kier alpha value is -3.36. The van der Waals surface area contributed by atoms with Gasteiger partial charge in [-0.15, -0.1) is 0 Å². The van der Waals surface area contributed by atoms with E-state index in [2.05, 4.69) is 75.5 Å². The Labute approximate surface area is 289 Å². The fourth-order valence-corrected chi connectivity index (χ4v) is 8.16. The van der Waals surface area contributed by atoms with E-state index in [4.69, 9.17) is 33.0 Å². The Morgan fingerprint density at radius 2 is 1.30 bits per heavy atom. The topological polar surface area (TPSA) is 71.3 Å². The lowest BCUT2D eigenvalue weighted by atomic mass is 9.96. The summed E-state index contributed by atoms with van der Waals surface area (Å²) in [6.07, 6.45) is 4.01. The smallest absolute Gasteiger partial charge is 0.271 e. The van der Waals surface area contributed by atoms with E-state index in [0.717, 1.165) is 94.4 Å². The van der Waals surface area contributed by atoms with Gasteiger partial charge in [-0.25, -0.2) is 4.68 Å². The van der Waals surface area contributed by atoms with Gasteiger partial charge in [0, 0.05) is 27.2 Å². The van der Waals surface area contributed by atoms with Gasteiger partial charge in [0.15, 0.2) is 5.82 Å². The molecule has 0 saturated heterocycles. The van der Waals surface area contributed by atoms with Crippen molar-refractivity contribution in [2.45, 2.75) is 87.2 Å². The summed E-state index contributed by atoms with van der Waals surface area (Å²) in [4.78, 5) is 16.5. The van der Waals surface area contributed by atoms with E-state index < -0.39 is 0 Å². The van der Waals surface area contributed by atoms with Crippen LogP contribution in [0.3, 0.4) is 0 Å². The third-order valence-electron chi connectivity index (χ3n) is 9.23. The third-order valence-corrected chi connectivity index (χ3v) is 9.81. The fourth-order valence-electron chi connectivity index (χ4n) is 7.31. The predicted molar refractivity (Wildman–Crippen MR) is 196 cm³/mol. The lowest BCUT2D eigenvalue weighted by Crippen LogP contribution is -2.30. The molecule has 254 valence electrons. The number of hydrogen-bond donors (Lipinski definition) is 1. The van der Waals surface area contributed by atoms with Gasteiger partial charge in [0.2, 0.25) is 5.88 Å². The van der Waals surface area contributed by atoms with Gasteiger partial charge in [-0.1, -0.05) is 63.0 Å². The Kier molecular flexibility index (Phi) is 10.4. The van der Waals surface area contributed by atoms with Crippen molar-refractivity contribution in [2.75, 3.05) is 22.9 Å². The number of H-pyrrole nitrogens is 1. The van der Waals surface area contributed by atoms with Crippen LogP contribution in [0.2, 0.25) is 10.0 Å². The standard InChI is InChI=1S/C22H32ClN3O.C15H18ClN3O/c1-13(2)20(14(3)4)27-22-17-9-8-10-26(21(17)24-25(22)7)19-16(6)11-15(5)12-18(19)23;1-9-7-10(2)13(12(16)8-9)19-6-4-5-11-14(19)17-18(3)15(11)20/h11-14,20H,8-10H2,1-7H3;7-8,17H,4-6H2,1-3H3. The summed E-state index contributed by atoms with van der Waals surface area (Å²) in [5, 5.41) is 9.52. The number of fused-ring (bicyclic) bond motifs is 2. The lowest BCUT2D eigenvalue weighted by Gasteiger charge is -2.31. The molecule has 2 aliphatic rings. The summed E-state index contributed by atoms with van der Waals surface area (Å²) >= 11 is 13.1. The maximum Gasteiger partial charge on any atom is 0.271 e. The minimum atomic E-state index is 0.0607. The van der Waals surface area contributed by atoms with Crippen molar-refractivity contribution in [3.8, 4) is 5.88 Å². The summed E-state index contributed by atoms with van der Waals surface area (Å²) in [6, 6.07) is 8.31. The molecule has 8 nitrogen and oxygen atoms in total. The SMILES string of the molecule is Cc1cc(C)c(N2CCCc3c2[nH]n(C)c3=O)c(Cl)c1.Cc1cc(C)c(N2CCCc3c2nn(C)c3OC(C(C)C)C(C)C)c(Cl)c1. The quantitative estimate of drug-likeness (QED) is 0.220. The van der Waals surface area contributed by atoms with E-state index in [9.17, 15) is 4.79 Å². The Balaban J connectivity index is 0.000000193. The average Bonchev–Trinajstić information content (AvgIpc) is 3.45. The Bertz CT molecular complexity index is 1760. The van der Waals surface area contributed by atoms with Crippen LogP contribution in [0.1, 0.15) is 73.9 Å². The molecule has 4 heterocycles. The number of benzene rings is 2. The Morgan fingerprint density at radius 3 is 1.83 bits per heavy atom. The molecule has 4 aromatic rings. The number of nitrogens with zero attached hydrogens (tertiary/aromatic N) is 5. The highest BCUT2D eigenvalue weighted by molar-refractivity contribution is 6.34. The van der Waals surface area contributed by atoms with E-state index in [0.29, 0.717) is 11.8 Å². The number of ether oxygens (including phenoxy) is 1. The zero-order valence-electron chi connectivity index (χ0n) is 29.6. The van der Waals surface area contributed by atoms with Gasteiger partial charge in [-0.3, -0.25) is 14.6 Å². The number of aryl methyl sites for hydroxylation is 6. The number of hydrogen-bond acceptors (Lipinski definition) is 5. The zero-order valence-corrected chi connectivity index (χ0v) is 31.1. The van der Waals surface area contributed by atoms with Crippen LogP contribution in [-0.2, 0) is 26.9 Å². The highest BCUT2D eigenvalue weighted by Gasteiger charge is 2.31. The second-order valence-corrected chi connectivity index (χ2v) is 14.8. The minimum Gasteiger partial charge on any atom is -0.474 e. The van der Waals surface area contributed by atoms with Crippen LogP contribution in [0.15, 0.2) is 29.1 Å².